The van der Waals surface area contributed by atoms with Gasteiger partial charge < -0.3 is 10.1 Å². The molecule has 0 spiro atoms. The van der Waals surface area contributed by atoms with Gasteiger partial charge in [0, 0.05) is 19.0 Å². The van der Waals surface area contributed by atoms with Gasteiger partial charge in [-0.05, 0) is 29.8 Å². The van der Waals surface area contributed by atoms with E-state index < -0.39 is 10.0 Å². The highest BCUT2D eigenvalue weighted by atomic mass is 32.2. The van der Waals surface area contributed by atoms with Crippen LogP contribution in [0.5, 0.6) is 5.75 Å². The predicted octanol–water partition coefficient (Wildman–Crippen LogP) is 2.95. The molecule has 0 atom stereocenters. The first-order chi connectivity index (χ1) is 12.4. The number of para-hydroxylation sites is 1. The van der Waals surface area contributed by atoms with Gasteiger partial charge in [0.15, 0.2) is 5.78 Å². The van der Waals surface area contributed by atoms with Gasteiger partial charge in [-0.25, -0.2) is 8.42 Å². The Morgan fingerprint density at radius 3 is 2.69 bits per heavy atom. The van der Waals surface area contributed by atoms with E-state index in [0.717, 1.165) is 5.56 Å². The van der Waals surface area contributed by atoms with E-state index in [1.54, 1.807) is 12.1 Å². The number of fused-ring (bicyclic) bond motifs is 1. The van der Waals surface area contributed by atoms with E-state index >= 15 is 0 Å². The molecule has 0 saturated heterocycles. The van der Waals surface area contributed by atoms with Crippen LogP contribution >= 0.6 is 0 Å². The molecular formula is C19H22N2O4S. The Labute approximate surface area is 153 Å². The number of ketones is 1. The predicted molar refractivity (Wildman–Crippen MR) is 100 cm³/mol. The van der Waals surface area contributed by atoms with Crippen molar-refractivity contribution in [2.75, 3.05) is 11.3 Å². The fourth-order valence-electron chi connectivity index (χ4n) is 2.70. The molecule has 0 fully saturated rings. The minimum atomic E-state index is -3.82. The number of carbonyl (C=O) groups excluding carboxylic acids is 1. The lowest BCUT2D eigenvalue weighted by Gasteiger charge is -2.18. The fraction of sp³-hybridized carbons (Fsp3) is 0.316. The SMILES string of the molecule is CC(C)NCc1ccccc1NS(=O)(=O)c1ccc2c(c1)C(=O)CCO2. The highest BCUT2D eigenvalue weighted by Crippen LogP contribution is 2.28. The molecule has 26 heavy (non-hydrogen) atoms. The number of benzene rings is 2. The van der Waals surface area contributed by atoms with Crippen LogP contribution in [0, 0.1) is 0 Å². The molecule has 0 aromatic heterocycles. The molecule has 0 radical (unpaired) electrons. The number of ether oxygens (including phenoxy) is 1. The molecule has 6 nitrogen and oxygen atoms in total. The van der Waals surface area contributed by atoms with Crippen molar-refractivity contribution in [2.45, 2.75) is 37.8 Å². The molecule has 0 bridgehead atoms. The van der Waals surface area contributed by atoms with Crippen LogP contribution < -0.4 is 14.8 Å². The molecule has 2 N–H and O–H groups in total. The molecule has 138 valence electrons. The summed E-state index contributed by atoms with van der Waals surface area (Å²) in [6.45, 7) is 4.93. The van der Waals surface area contributed by atoms with E-state index in [1.165, 1.54) is 18.2 Å². The van der Waals surface area contributed by atoms with E-state index in [9.17, 15) is 13.2 Å². The van der Waals surface area contributed by atoms with Crippen molar-refractivity contribution >= 4 is 21.5 Å². The third-order valence-corrected chi connectivity index (χ3v) is 5.47. The maximum Gasteiger partial charge on any atom is 0.261 e. The van der Waals surface area contributed by atoms with Gasteiger partial charge in [0.1, 0.15) is 5.75 Å². The van der Waals surface area contributed by atoms with E-state index in [2.05, 4.69) is 10.0 Å². The van der Waals surface area contributed by atoms with E-state index in [4.69, 9.17) is 4.74 Å². The van der Waals surface area contributed by atoms with E-state index in [1.807, 2.05) is 26.0 Å². The van der Waals surface area contributed by atoms with Crippen molar-refractivity contribution < 1.29 is 17.9 Å². The fourth-order valence-corrected chi connectivity index (χ4v) is 3.83. The van der Waals surface area contributed by atoms with Crippen LogP contribution in [0.4, 0.5) is 5.69 Å². The van der Waals surface area contributed by atoms with E-state index in [0.29, 0.717) is 30.2 Å². The van der Waals surface area contributed by atoms with Crippen molar-refractivity contribution in [1.29, 1.82) is 0 Å². The van der Waals surface area contributed by atoms with Gasteiger partial charge in [-0.1, -0.05) is 32.0 Å². The zero-order valence-electron chi connectivity index (χ0n) is 14.8. The van der Waals surface area contributed by atoms with Crippen LogP contribution in [0.3, 0.4) is 0 Å². The number of hydrogen-bond donors (Lipinski definition) is 2. The van der Waals surface area contributed by atoms with Crippen molar-refractivity contribution in [3.63, 3.8) is 0 Å². The normalized spacial score (nSPS) is 14.0. The molecule has 0 saturated carbocycles. The smallest absolute Gasteiger partial charge is 0.261 e. The molecule has 1 aliphatic rings. The lowest BCUT2D eigenvalue weighted by atomic mass is 10.1. The van der Waals surface area contributed by atoms with Crippen LogP contribution in [0.2, 0.25) is 0 Å². The first-order valence-corrected chi connectivity index (χ1v) is 9.99. The Kier molecular flexibility index (Phi) is 5.29. The summed E-state index contributed by atoms with van der Waals surface area (Å²) in [5.41, 5.74) is 1.68. The van der Waals surface area contributed by atoms with Crippen molar-refractivity contribution in [1.82, 2.24) is 5.32 Å². The highest BCUT2D eigenvalue weighted by molar-refractivity contribution is 7.92. The van der Waals surface area contributed by atoms with Gasteiger partial charge >= 0.3 is 0 Å². The number of Topliss-reactive ketones (excluding diaryl/α,β-unsaturated/α-hetero) is 1. The summed E-state index contributed by atoms with van der Waals surface area (Å²) in [5.74, 6) is 0.326. The van der Waals surface area contributed by atoms with Crippen LogP contribution in [0.1, 0.15) is 36.2 Å². The average Bonchev–Trinajstić information content (AvgIpc) is 2.60. The van der Waals surface area contributed by atoms with Gasteiger partial charge in [-0.3, -0.25) is 9.52 Å². The average molecular weight is 374 g/mol. The summed E-state index contributed by atoms with van der Waals surface area (Å²) in [4.78, 5) is 12.1. The molecule has 1 aliphatic heterocycles. The minimum Gasteiger partial charge on any atom is -0.492 e. The standard InChI is InChI=1S/C19H22N2O4S/c1-13(2)20-12-14-5-3-4-6-17(14)21-26(23,24)15-7-8-19-16(11-15)18(22)9-10-25-19/h3-8,11,13,20-21H,9-10,12H2,1-2H3. The van der Waals surface area contributed by atoms with Gasteiger partial charge in [-0.15, -0.1) is 0 Å². The summed E-state index contributed by atoms with van der Waals surface area (Å²) in [5, 5.41) is 3.28. The Balaban J connectivity index is 1.88. The van der Waals surface area contributed by atoms with Gasteiger partial charge in [-0.2, -0.15) is 0 Å². The first kappa shape index (κ1) is 18.4. The number of carbonyl (C=O) groups is 1. The largest absolute Gasteiger partial charge is 0.492 e. The lowest BCUT2D eigenvalue weighted by molar-refractivity contribution is 0.0933. The maximum atomic E-state index is 12.8. The Morgan fingerprint density at radius 2 is 1.92 bits per heavy atom. The zero-order valence-corrected chi connectivity index (χ0v) is 15.6. The van der Waals surface area contributed by atoms with Gasteiger partial charge in [0.2, 0.25) is 0 Å². The molecule has 0 amide bonds. The number of rotatable bonds is 6. The number of anilines is 1. The zero-order chi connectivity index (χ0) is 18.7. The summed E-state index contributed by atoms with van der Waals surface area (Å²) in [6, 6.07) is 11.9. The minimum absolute atomic E-state index is 0.0433. The molecule has 1 heterocycles. The number of sulfonamides is 1. The molecule has 3 rings (SSSR count). The summed E-state index contributed by atoms with van der Waals surface area (Å²) in [6.07, 6.45) is 0.258. The topological polar surface area (TPSA) is 84.5 Å². The third-order valence-electron chi connectivity index (χ3n) is 4.11. The second kappa shape index (κ2) is 7.47. The van der Waals surface area contributed by atoms with Gasteiger partial charge in [0.25, 0.3) is 10.0 Å². The molecule has 0 aliphatic carbocycles. The number of nitrogens with one attached hydrogen (secondary N) is 2. The summed E-state index contributed by atoms with van der Waals surface area (Å²) in [7, 11) is -3.82. The van der Waals surface area contributed by atoms with Gasteiger partial charge in [0.05, 0.1) is 22.8 Å². The van der Waals surface area contributed by atoms with E-state index in [-0.39, 0.29) is 23.1 Å². The number of hydrogen-bond acceptors (Lipinski definition) is 5. The van der Waals surface area contributed by atoms with Crippen LogP contribution in [-0.4, -0.2) is 26.8 Å². The lowest BCUT2D eigenvalue weighted by Crippen LogP contribution is -2.23. The molecule has 2 aromatic carbocycles. The van der Waals surface area contributed by atoms with Crippen LogP contribution in [-0.2, 0) is 16.6 Å². The quantitative estimate of drug-likeness (QED) is 0.812. The molecular weight excluding hydrogens is 352 g/mol. The Hall–Kier alpha value is -2.38. The second-order valence-corrected chi connectivity index (χ2v) is 8.16. The van der Waals surface area contributed by atoms with Crippen LogP contribution in [0.15, 0.2) is 47.4 Å². The maximum absolute atomic E-state index is 12.8. The molecule has 2 aromatic rings. The highest BCUT2D eigenvalue weighted by Gasteiger charge is 2.23. The first-order valence-electron chi connectivity index (χ1n) is 8.51. The van der Waals surface area contributed by atoms with Crippen molar-refractivity contribution in [3.8, 4) is 5.75 Å². The van der Waals surface area contributed by atoms with Crippen molar-refractivity contribution in [3.05, 3.63) is 53.6 Å². The summed E-state index contributed by atoms with van der Waals surface area (Å²) >= 11 is 0. The second-order valence-electron chi connectivity index (χ2n) is 6.48. The Bertz CT molecular complexity index is 923. The van der Waals surface area contributed by atoms with Crippen molar-refractivity contribution in [2.24, 2.45) is 0 Å². The van der Waals surface area contributed by atoms with Crippen LogP contribution in [0.25, 0.3) is 0 Å². The molecule has 0 unspecified atom stereocenters. The Morgan fingerprint density at radius 1 is 1.15 bits per heavy atom. The molecule has 7 heteroatoms. The monoisotopic (exact) mass is 374 g/mol. The third kappa shape index (κ3) is 4.05. The summed E-state index contributed by atoms with van der Waals surface area (Å²) < 4.78 is 33.6.